The lowest BCUT2D eigenvalue weighted by atomic mass is 9.97. The van der Waals surface area contributed by atoms with Crippen molar-refractivity contribution in [1.82, 2.24) is 25.3 Å². The molecule has 9 heteroatoms. The molecule has 3 heterocycles. The van der Waals surface area contributed by atoms with Crippen molar-refractivity contribution in [1.29, 1.82) is 0 Å². The Morgan fingerprint density at radius 1 is 0.939 bits per heavy atom. The Morgan fingerprint density at radius 2 is 1.76 bits per heavy atom. The van der Waals surface area contributed by atoms with Crippen LogP contribution in [0, 0.1) is 0 Å². The van der Waals surface area contributed by atoms with Crippen LogP contribution in [0.1, 0.15) is 30.1 Å². The molecule has 1 fully saturated rings. The third-order valence-corrected chi connectivity index (χ3v) is 5.72. The molecule has 168 valence electrons. The van der Waals surface area contributed by atoms with Crippen molar-refractivity contribution < 1.29 is 13.2 Å². The number of nitrogens with one attached hydrogen (secondary N) is 2. The molecule has 1 saturated heterocycles. The van der Waals surface area contributed by atoms with Crippen molar-refractivity contribution in [3.8, 4) is 11.4 Å². The number of pyridine rings is 1. The van der Waals surface area contributed by atoms with Crippen LogP contribution in [0.5, 0.6) is 0 Å². The fourth-order valence-corrected chi connectivity index (χ4v) is 4.05. The maximum Gasteiger partial charge on any atom is 0.416 e. The number of hydrogen-bond donors (Lipinski definition) is 2. The van der Waals surface area contributed by atoms with Gasteiger partial charge in [-0.3, -0.25) is 4.98 Å². The van der Waals surface area contributed by atoms with Gasteiger partial charge >= 0.3 is 6.18 Å². The number of rotatable bonds is 4. The molecule has 0 saturated carbocycles. The van der Waals surface area contributed by atoms with Crippen molar-refractivity contribution in [2.45, 2.75) is 24.9 Å². The van der Waals surface area contributed by atoms with Gasteiger partial charge in [0.25, 0.3) is 0 Å². The highest BCUT2D eigenvalue weighted by molar-refractivity contribution is 5.94. The minimum Gasteiger partial charge on any atom is -0.324 e. The highest BCUT2D eigenvalue weighted by atomic mass is 19.4. The van der Waals surface area contributed by atoms with Crippen LogP contribution in [-0.4, -0.2) is 33.0 Å². The molecule has 2 aromatic carbocycles. The van der Waals surface area contributed by atoms with Crippen molar-refractivity contribution >= 4 is 22.4 Å². The highest BCUT2D eigenvalue weighted by Gasteiger charge is 2.30. The molecule has 33 heavy (non-hydrogen) atoms. The number of nitrogens with zero attached hydrogens (tertiary/aromatic N) is 4. The molecule has 2 aromatic heterocycles. The zero-order chi connectivity index (χ0) is 22.8. The van der Waals surface area contributed by atoms with Crippen LogP contribution in [0.25, 0.3) is 22.2 Å². The summed E-state index contributed by atoms with van der Waals surface area (Å²) in [6, 6.07) is 12.7. The molecule has 5 rings (SSSR count). The number of hydrogen-bond acceptors (Lipinski definition) is 6. The lowest BCUT2D eigenvalue weighted by Gasteiger charge is -2.22. The van der Waals surface area contributed by atoms with E-state index in [4.69, 9.17) is 4.98 Å². The van der Waals surface area contributed by atoms with E-state index in [1.807, 2.05) is 24.3 Å². The molecule has 0 spiro atoms. The second-order valence-corrected chi connectivity index (χ2v) is 7.97. The molecule has 6 nitrogen and oxygen atoms in total. The fraction of sp³-hybridized carbons (Fsp3) is 0.250. The van der Waals surface area contributed by atoms with Crippen molar-refractivity contribution in [3.05, 3.63) is 72.3 Å². The van der Waals surface area contributed by atoms with Crippen LogP contribution in [0.15, 0.2) is 60.9 Å². The maximum atomic E-state index is 13.2. The molecule has 0 amide bonds. The van der Waals surface area contributed by atoms with E-state index in [1.165, 1.54) is 6.07 Å². The number of fused-ring (bicyclic) bond motifs is 1. The van der Waals surface area contributed by atoms with Crippen LogP contribution in [-0.2, 0) is 6.18 Å². The molecular formula is C24H21F3N6. The summed E-state index contributed by atoms with van der Waals surface area (Å²) in [4.78, 5) is 18.1. The zero-order valence-electron chi connectivity index (χ0n) is 17.6. The maximum absolute atomic E-state index is 13.2. The van der Waals surface area contributed by atoms with Crippen molar-refractivity contribution in [2.75, 3.05) is 18.4 Å². The van der Waals surface area contributed by atoms with Crippen LogP contribution in [0.2, 0.25) is 0 Å². The molecule has 0 radical (unpaired) electrons. The van der Waals surface area contributed by atoms with Gasteiger partial charge in [0.05, 0.1) is 5.56 Å². The Kier molecular flexibility index (Phi) is 5.63. The van der Waals surface area contributed by atoms with Crippen LogP contribution in [0.4, 0.5) is 24.8 Å². The first-order valence-electron chi connectivity index (χ1n) is 10.7. The second-order valence-electron chi connectivity index (χ2n) is 7.97. The van der Waals surface area contributed by atoms with Gasteiger partial charge in [-0.15, -0.1) is 0 Å². The van der Waals surface area contributed by atoms with E-state index in [0.717, 1.165) is 54.4 Å². The minimum atomic E-state index is -4.43. The van der Waals surface area contributed by atoms with E-state index < -0.39 is 11.7 Å². The Balaban J connectivity index is 1.59. The Bertz CT molecular complexity index is 1280. The van der Waals surface area contributed by atoms with E-state index in [9.17, 15) is 13.2 Å². The smallest absolute Gasteiger partial charge is 0.324 e. The predicted octanol–water partition coefficient (Wildman–Crippen LogP) is 5.32. The van der Waals surface area contributed by atoms with Crippen LogP contribution >= 0.6 is 0 Å². The Morgan fingerprint density at radius 3 is 2.58 bits per heavy atom. The predicted molar refractivity (Wildman–Crippen MR) is 120 cm³/mol. The quantitative estimate of drug-likeness (QED) is 0.439. The Hall–Kier alpha value is -3.59. The number of piperidine rings is 1. The average molecular weight is 450 g/mol. The lowest BCUT2D eigenvalue weighted by molar-refractivity contribution is -0.137. The molecule has 0 unspecified atom stereocenters. The first-order valence-corrected chi connectivity index (χ1v) is 10.7. The van der Waals surface area contributed by atoms with Gasteiger partial charge in [0.1, 0.15) is 5.82 Å². The number of benzene rings is 2. The summed E-state index contributed by atoms with van der Waals surface area (Å²) in [6.07, 6.45) is 0.815. The molecule has 2 N–H and O–H groups in total. The molecule has 1 aliphatic rings. The van der Waals surface area contributed by atoms with Gasteiger partial charge in [0.2, 0.25) is 5.95 Å². The minimum absolute atomic E-state index is 0.145. The van der Waals surface area contributed by atoms with Crippen molar-refractivity contribution in [2.24, 2.45) is 0 Å². The number of anilines is 2. The molecule has 4 aromatic rings. The standard InChI is InChI=1S/C24H21F3N6/c25-24(26,27)17-4-2-5-18(13-17)30-23-32-21(15-7-10-28-11-8-15)31-22(33-23)20-6-1-3-16-14-29-12-9-19(16)20/h1-6,9,12-15,28H,7-8,10-11H2,(H,30,31,32,33). The summed E-state index contributed by atoms with van der Waals surface area (Å²) >= 11 is 0. The van der Waals surface area contributed by atoms with E-state index in [-0.39, 0.29) is 17.6 Å². The lowest BCUT2D eigenvalue weighted by Crippen LogP contribution is -2.27. The normalized spacial score (nSPS) is 15.0. The Labute approximate surface area is 188 Å². The largest absolute Gasteiger partial charge is 0.416 e. The topological polar surface area (TPSA) is 75.6 Å². The van der Waals surface area contributed by atoms with Gasteiger partial charge in [0.15, 0.2) is 5.82 Å². The first-order chi connectivity index (χ1) is 16.0. The fourth-order valence-electron chi connectivity index (χ4n) is 4.05. The molecular weight excluding hydrogens is 429 g/mol. The summed E-state index contributed by atoms with van der Waals surface area (Å²) in [5, 5.41) is 8.19. The van der Waals surface area contributed by atoms with Gasteiger partial charge in [-0.25, -0.2) is 4.98 Å². The monoisotopic (exact) mass is 450 g/mol. The molecule has 0 aliphatic carbocycles. The van der Waals surface area contributed by atoms with E-state index >= 15 is 0 Å². The molecule has 0 bridgehead atoms. The molecule has 0 atom stereocenters. The van der Waals surface area contributed by atoms with Gasteiger partial charge in [-0.05, 0) is 55.6 Å². The third kappa shape index (κ3) is 4.63. The summed E-state index contributed by atoms with van der Waals surface area (Å²) in [7, 11) is 0. The van der Waals surface area contributed by atoms with Crippen molar-refractivity contribution in [3.63, 3.8) is 0 Å². The van der Waals surface area contributed by atoms with E-state index in [2.05, 4.69) is 25.6 Å². The van der Waals surface area contributed by atoms with E-state index in [0.29, 0.717) is 11.6 Å². The summed E-state index contributed by atoms with van der Waals surface area (Å²) < 4.78 is 39.5. The van der Waals surface area contributed by atoms with Gasteiger partial charge in [0, 0.05) is 34.9 Å². The summed E-state index contributed by atoms with van der Waals surface area (Å²) in [5.41, 5.74) is 0.349. The zero-order valence-corrected chi connectivity index (χ0v) is 17.6. The van der Waals surface area contributed by atoms with E-state index in [1.54, 1.807) is 18.5 Å². The second kappa shape index (κ2) is 8.74. The van der Waals surface area contributed by atoms with Crippen LogP contribution in [0.3, 0.4) is 0 Å². The number of halogens is 3. The third-order valence-electron chi connectivity index (χ3n) is 5.72. The van der Waals surface area contributed by atoms with Gasteiger partial charge in [-0.1, -0.05) is 24.3 Å². The summed E-state index contributed by atoms with van der Waals surface area (Å²) in [5.74, 6) is 1.48. The van der Waals surface area contributed by atoms with Gasteiger partial charge in [-0.2, -0.15) is 23.1 Å². The number of alkyl halides is 3. The first kappa shape index (κ1) is 21.3. The van der Waals surface area contributed by atoms with Crippen LogP contribution < -0.4 is 10.6 Å². The highest BCUT2D eigenvalue weighted by Crippen LogP contribution is 2.32. The average Bonchev–Trinajstić information content (AvgIpc) is 2.84. The SMILES string of the molecule is FC(F)(F)c1cccc(Nc2nc(-c3cccc4cnccc34)nc(C3CCNCC3)n2)c1. The number of aromatic nitrogens is 4. The summed E-state index contributed by atoms with van der Waals surface area (Å²) in [6.45, 7) is 1.73. The van der Waals surface area contributed by atoms with Gasteiger partial charge < -0.3 is 10.6 Å². The molecule has 1 aliphatic heterocycles.